The van der Waals surface area contributed by atoms with Gasteiger partial charge in [0.1, 0.15) is 12.6 Å². The molecule has 0 spiro atoms. The first-order chi connectivity index (χ1) is 13.3. The van der Waals surface area contributed by atoms with Crippen LogP contribution >= 0.6 is 27.5 Å². The fraction of sp³-hybridized carbons (Fsp3) is 0.381. The van der Waals surface area contributed by atoms with E-state index in [1.54, 1.807) is 13.2 Å². The van der Waals surface area contributed by atoms with Crippen molar-refractivity contribution in [1.29, 1.82) is 0 Å². The second-order valence-corrected chi connectivity index (χ2v) is 8.17. The van der Waals surface area contributed by atoms with E-state index in [2.05, 4.69) is 21.2 Å². The zero-order valence-electron chi connectivity index (χ0n) is 16.2. The first-order valence-electron chi connectivity index (χ1n) is 9.00. The van der Waals surface area contributed by atoms with E-state index in [1.165, 1.54) is 0 Å². The van der Waals surface area contributed by atoms with Crippen molar-refractivity contribution >= 4 is 33.5 Å². The maximum atomic E-state index is 11.5. The van der Waals surface area contributed by atoms with E-state index in [0.29, 0.717) is 36.1 Å². The monoisotopic (exact) mass is 469 g/mol. The van der Waals surface area contributed by atoms with Crippen LogP contribution in [-0.2, 0) is 17.9 Å². The second-order valence-electron chi connectivity index (χ2n) is 6.88. The molecular formula is C21H25BrClNO4. The highest BCUT2D eigenvalue weighted by atomic mass is 79.9. The van der Waals surface area contributed by atoms with Crippen LogP contribution in [0.25, 0.3) is 0 Å². The molecule has 0 heterocycles. The first-order valence-corrected chi connectivity index (χ1v) is 10.2. The summed E-state index contributed by atoms with van der Waals surface area (Å²) in [5.41, 5.74) is 1.73. The van der Waals surface area contributed by atoms with Gasteiger partial charge in [0.05, 0.1) is 7.11 Å². The van der Waals surface area contributed by atoms with Crippen LogP contribution in [0.15, 0.2) is 40.9 Å². The van der Waals surface area contributed by atoms with Gasteiger partial charge in [0.15, 0.2) is 11.5 Å². The number of hydrogen-bond acceptors (Lipinski definition) is 4. The van der Waals surface area contributed by atoms with Crippen LogP contribution in [-0.4, -0.2) is 24.2 Å². The van der Waals surface area contributed by atoms with Gasteiger partial charge in [0.2, 0.25) is 0 Å². The summed E-state index contributed by atoms with van der Waals surface area (Å²) in [6, 6.07) is 10.5. The highest BCUT2D eigenvalue weighted by Gasteiger charge is 2.21. The van der Waals surface area contributed by atoms with E-state index < -0.39 is 12.0 Å². The lowest BCUT2D eigenvalue weighted by Gasteiger charge is -2.20. The summed E-state index contributed by atoms with van der Waals surface area (Å²) in [5.74, 6) is 0.547. The van der Waals surface area contributed by atoms with E-state index in [9.17, 15) is 9.90 Å². The molecule has 5 nitrogen and oxygen atoms in total. The summed E-state index contributed by atoms with van der Waals surface area (Å²) in [6.07, 6.45) is 0.537. The van der Waals surface area contributed by atoms with E-state index in [-0.39, 0.29) is 5.92 Å². The number of benzene rings is 2. The fourth-order valence-corrected chi connectivity index (χ4v) is 3.48. The molecule has 0 aliphatic rings. The molecule has 2 aromatic rings. The zero-order valence-corrected chi connectivity index (χ0v) is 18.5. The summed E-state index contributed by atoms with van der Waals surface area (Å²) < 4.78 is 12.3. The number of ether oxygens (including phenoxy) is 2. The number of halogens is 2. The highest BCUT2D eigenvalue weighted by molar-refractivity contribution is 9.10. The van der Waals surface area contributed by atoms with Gasteiger partial charge in [-0.3, -0.25) is 4.79 Å². The normalized spacial score (nSPS) is 12.1. The first kappa shape index (κ1) is 22.5. The third kappa shape index (κ3) is 6.40. The predicted molar refractivity (Wildman–Crippen MR) is 114 cm³/mol. The number of nitrogens with one attached hydrogen (secondary N) is 1. The molecule has 0 aromatic heterocycles. The Hall–Kier alpha value is -1.76. The van der Waals surface area contributed by atoms with Gasteiger partial charge in [-0.15, -0.1) is 0 Å². The number of carboxylic acid groups (broad SMARTS) is 1. The van der Waals surface area contributed by atoms with Crippen LogP contribution in [0.5, 0.6) is 11.5 Å². The van der Waals surface area contributed by atoms with Gasteiger partial charge in [0, 0.05) is 21.6 Å². The van der Waals surface area contributed by atoms with E-state index in [0.717, 1.165) is 15.6 Å². The zero-order chi connectivity index (χ0) is 20.7. The molecule has 0 saturated heterocycles. The standard InChI is InChI=1S/C21H25BrClNO4/c1-13(2)9-18(21(25)26)24-11-16-17(22)7-8-19(27-3)20(16)28-12-14-5-4-6-15(23)10-14/h4-8,10,13,18,24H,9,11-12H2,1-3H3,(H,25,26). The van der Waals surface area contributed by atoms with Crippen LogP contribution in [0.1, 0.15) is 31.4 Å². The lowest BCUT2D eigenvalue weighted by molar-refractivity contribution is -0.140. The Kier molecular flexibility index (Phi) is 8.60. The van der Waals surface area contributed by atoms with Crippen LogP contribution in [0.4, 0.5) is 0 Å². The SMILES string of the molecule is COc1ccc(Br)c(CNC(CC(C)C)C(=O)O)c1OCc1cccc(Cl)c1. The van der Waals surface area contributed by atoms with Crippen molar-refractivity contribution in [1.82, 2.24) is 5.32 Å². The number of rotatable bonds is 10. The van der Waals surface area contributed by atoms with Gasteiger partial charge >= 0.3 is 5.97 Å². The van der Waals surface area contributed by atoms with Crippen molar-refractivity contribution in [3.8, 4) is 11.5 Å². The molecule has 7 heteroatoms. The van der Waals surface area contributed by atoms with Gasteiger partial charge in [0.25, 0.3) is 0 Å². The van der Waals surface area contributed by atoms with Crippen molar-refractivity contribution in [3.05, 3.63) is 57.0 Å². The Labute approximate surface area is 179 Å². The van der Waals surface area contributed by atoms with Crippen LogP contribution in [0.2, 0.25) is 5.02 Å². The van der Waals surface area contributed by atoms with E-state index in [4.69, 9.17) is 21.1 Å². The Morgan fingerprint density at radius 1 is 1.29 bits per heavy atom. The molecule has 0 amide bonds. The van der Waals surface area contributed by atoms with Crippen molar-refractivity contribution in [3.63, 3.8) is 0 Å². The lowest BCUT2D eigenvalue weighted by atomic mass is 10.0. The van der Waals surface area contributed by atoms with Gasteiger partial charge in [-0.1, -0.05) is 53.5 Å². The molecule has 0 aliphatic carbocycles. The minimum atomic E-state index is -0.867. The van der Waals surface area contributed by atoms with Gasteiger partial charge in [-0.05, 0) is 42.2 Å². The highest BCUT2D eigenvalue weighted by Crippen LogP contribution is 2.37. The number of methoxy groups -OCH3 is 1. The fourth-order valence-electron chi connectivity index (χ4n) is 2.82. The molecule has 2 N–H and O–H groups in total. The van der Waals surface area contributed by atoms with Gasteiger partial charge in [-0.2, -0.15) is 0 Å². The lowest BCUT2D eigenvalue weighted by Crippen LogP contribution is -2.37. The Morgan fingerprint density at radius 2 is 2.04 bits per heavy atom. The molecule has 1 unspecified atom stereocenters. The van der Waals surface area contributed by atoms with E-state index >= 15 is 0 Å². The number of carbonyl (C=O) groups is 1. The molecule has 0 aliphatic heterocycles. The average molecular weight is 471 g/mol. The third-order valence-electron chi connectivity index (χ3n) is 4.19. The largest absolute Gasteiger partial charge is 0.493 e. The predicted octanol–water partition coefficient (Wildman–Crippen LogP) is 5.28. The van der Waals surface area contributed by atoms with E-state index in [1.807, 2.05) is 44.2 Å². The molecule has 28 heavy (non-hydrogen) atoms. The molecule has 2 aromatic carbocycles. The molecule has 0 radical (unpaired) electrons. The molecule has 152 valence electrons. The van der Waals surface area contributed by atoms with Crippen LogP contribution < -0.4 is 14.8 Å². The second kappa shape index (κ2) is 10.7. The topological polar surface area (TPSA) is 67.8 Å². The molecule has 2 rings (SSSR count). The average Bonchev–Trinajstić information content (AvgIpc) is 2.64. The number of hydrogen-bond donors (Lipinski definition) is 2. The van der Waals surface area contributed by atoms with Gasteiger partial charge < -0.3 is 19.9 Å². The van der Waals surface area contributed by atoms with Crippen molar-refractivity contribution < 1.29 is 19.4 Å². The quantitative estimate of drug-likeness (QED) is 0.494. The van der Waals surface area contributed by atoms with Crippen molar-refractivity contribution in [2.75, 3.05) is 7.11 Å². The Bertz CT molecular complexity index is 813. The minimum absolute atomic E-state index is 0.265. The smallest absolute Gasteiger partial charge is 0.320 e. The molecule has 0 bridgehead atoms. The van der Waals surface area contributed by atoms with Gasteiger partial charge in [-0.25, -0.2) is 0 Å². The molecular weight excluding hydrogens is 446 g/mol. The third-order valence-corrected chi connectivity index (χ3v) is 5.17. The van der Waals surface area contributed by atoms with Crippen molar-refractivity contribution in [2.24, 2.45) is 5.92 Å². The van der Waals surface area contributed by atoms with Crippen LogP contribution in [0, 0.1) is 5.92 Å². The summed E-state index contributed by atoms with van der Waals surface area (Å²) >= 11 is 9.59. The van der Waals surface area contributed by atoms with Crippen molar-refractivity contribution in [2.45, 2.75) is 39.5 Å². The molecule has 0 saturated carbocycles. The maximum Gasteiger partial charge on any atom is 0.320 e. The Balaban J connectivity index is 2.23. The summed E-state index contributed by atoms with van der Waals surface area (Å²) in [7, 11) is 1.57. The van der Waals surface area contributed by atoms with Crippen LogP contribution in [0.3, 0.4) is 0 Å². The Morgan fingerprint density at radius 3 is 2.64 bits per heavy atom. The summed E-state index contributed by atoms with van der Waals surface area (Å²) in [4.78, 5) is 11.5. The summed E-state index contributed by atoms with van der Waals surface area (Å²) in [6.45, 7) is 4.64. The number of aliphatic carboxylic acids is 1. The summed E-state index contributed by atoms with van der Waals surface area (Å²) in [5, 5.41) is 13.2. The minimum Gasteiger partial charge on any atom is -0.493 e. The number of carboxylic acids is 1. The maximum absolute atomic E-state index is 11.5. The molecule has 1 atom stereocenters. The molecule has 0 fully saturated rings.